The predicted molar refractivity (Wildman–Crippen MR) is 138 cm³/mol. The molecule has 9 heteroatoms. The monoisotopic (exact) mass is 507 g/mol. The number of amides is 1. The van der Waals surface area contributed by atoms with Crippen LogP contribution in [0, 0.1) is 6.92 Å². The summed E-state index contributed by atoms with van der Waals surface area (Å²) in [5.74, 6) is 1.18. The summed E-state index contributed by atoms with van der Waals surface area (Å²) in [5.41, 5.74) is 3.46. The van der Waals surface area contributed by atoms with Gasteiger partial charge < -0.3 is 14.2 Å². The van der Waals surface area contributed by atoms with Gasteiger partial charge in [-0.15, -0.1) is 11.8 Å². The van der Waals surface area contributed by atoms with Gasteiger partial charge in [0, 0.05) is 59.4 Å². The molecule has 0 atom stereocenters. The largest absolute Gasteiger partial charge is 0.487 e. The number of benzene rings is 1. The standard InChI is InChI=1S/C26H26ClN5O2S/c1-18-12-22(32-11-8-28-17-32)19-6-5-7-23(26(19)30-18)34-15-20-21(27)13-29-14-24(20)35-16-25(33)31-9-3-2-4-10-31/h5-8,11-14,17H,2-4,9-10,15-16H2,1H3. The number of rotatable bonds is 7. The van der Waals surface area contributed by atoms with Gasteiger partial charge in [0.15, 0.2) is 0 Å². The molecule has 1 amide bonds. The first-order valence-electron chi connectivity index (χ1n) is 11.6. The summed E-state index contributed by atoms with van der Waals surface area (Å²) in [6, 6.07) is 7.92. The first kappa shape index (κ1) is 23.6. The highest BCUT2D eigenvalue weighted by Crippen LogP contribution is 2.32. The van der Waals surface area contributed by atoms with E-state index in [2.05, 4.69) is 9.97 Å². The molecule has 4 heterocycles. The number of piperidine rings is 1. The van der Waals surface area contributed by atoms with Crippen LogP contribution in [-0.4, -0.2) is 49.2 Å². The zero-order valence-electron chi connectivity index (χ0n) is 19.5. The zero-order chi connectivity index (χ0) is 24.2. The maximum absolute atomic E-state index is 12.7. The average Bonchev–Trinajstić information content (AvgIpc) is 3.42. The number of hydrogen-bond acceptors (Lipinski definition) is 6. The number of carbonyl (C=O) groups is 1. The van der Waals surface area contributed by atoms with Crippen molar-refractivity contribution in [2.75, 3.05) is 18.8 Å². The number of hydrogen-bond donors (Lipinski definition) is 0. The first-order valence-corrected chi connectivity index (χ1v) is 13.0. The molecule has 3 aromatic heterocycles. The highest BCUT2D eigenvalue weighted by Gasteiger charge is 2.18. The third kappa shape index (κ3) is 5.28. The van der Waals surface area contributed by atoms with Crippen LogP contribution in [-0.2, 0) is 11.4 Å². The number of ether oxygens (including phenoxy) is 1. The molecule has 0 aliphatic carbocycles. The van der Waals surface area contributed by atoms with Gasteiger partial charge >= 0.3 is 0 Å². The molecule has 0 N–H and O–H groups in total. The van der Waals surface area contributed by atoms with E-state index in [0.29, 0.717) is 16.5 Å². The van der Waals surface area contributed by atoms with Crippen molar-refractivity contribution in [3.63, 3.8) is 0 Å². The molecule has 7 nitrogen and oxygen atoms in total. The van der Waals surface area contributed by atoms with Crippen molar-refractivity contribution in [1.82, 2.24) is 24.4 Å². The summed E-state index contributed by atoms with van der Waals surface area (Å²) in [6.45, 7) is 3.90. The molecule has 0 bridgehead atoms. The van der Waals surface area contributed by atoms with Crippen LogP contribution in [0.4, 0.5) is 0 Å². The quantitative estimate of drug-likeness (QED) is 0.309. The third-order valence-electron chi connectivity index (χ3n) is 6.09. The normalized spacial score (nSPS) is 13.8. The molecule has 1 aliphatic heterocycles. The molecule has 180 valence electrons. The Morgan fingerprint density at radius 1 is 1.17 bits per heavy atom. The van der Waals surface area contributed by atoms with Crippen molar-refractivity contribution in [2.24, 2.45) is 0 Å². The number of imidazole rings is 1. The Hall–Kier alpha value is -3.10. The van der Waals surface area contributed by atoms with E-state index in [4.69, 9.17) is 21.3 Å². The topological polar surface area (TPSA) is 73.1 Å². The van der Waals surface area contributed by atoms with E-state index in [0.717, 1.165) is 58.7 Å². The summed E-state index contributed by atoms with van der Waals surface area (Å²) < 4.78 is 8.24. The van der Waals surface area contributed by atoms with Crippen LogP contribution in [0.25, 0.3) is 16.6 Å². The number of halogens is 1. The summed E-state index contributed by atoms with van der Waals surface area (Å²) in [7, 11) is 0. The third-order valence-corrected chi connectivity index (χ3v) is 7.47. The lowest BCUT2D eigenvalue weighted by atomic mass is 10.1. The lowest BCUT2D eigenvalue weighted by Gasteiger charge is -2.26. The van der Waals surface area contributed by atoms with Crippen molar-refractivity contribution in [2.45, 2.75) is 37.7 Å². The smallest absolute Gasteiger partial charge is 0.232 e. The van der Waals surface area contributed by atoms with Crippen LogP contribution >= 0.6 is 23.4 Å². The molecular weight excluding hydrogens is 482 g/mol. The fourth-order valence-corrected chi connectivity index (χ4v) is 5.50. The van der Waals surface area contributed by atoms with Crippen LogP contribution in [0.2, 0.25) is 5.02 Å². The summed E-state index contributed by atoms with van der Waals surface area (Å²) in [5, 5.41) is 1.48. The predicted octanol–water partition coefficient (Wildman–Crippen LogP) is 5.46. The second kappa shape index (κ2) is 10.7. The minimum atomic E-state index is 0.155. The lowest BCUT2D eigenvalue weighted by Crippen LogP contribution is -2.36. The SMILES string of the molecule is Cc1cc(-n2ccnc2)c2cccc(OCc3c(Cl)cncc3SCC(=O)N3CCCCC3)c2n1. The summed E-state index contributed by atoms with van der Waals surface area (Å²) >= 11 is 7.98. The highest BCUT2D eigenvalue weighted by molar-refractivity contribution is 8.00. The van der Waals surface area contributed by atoms with Gasteiger partial charge in [0.05, 0.1) is 22.8 Å². The van der Waals surface area contributed by atoms with E-state index in [-0.39, 0.29) is 12.5 Å². The zero-order valence-corrected chi connectivity index (χ0v) is 21.1. The molecule has 1 aliphatic rings. The van der Waals surface area contributed by atoms with Gasteiger partial charge in [-0.3, -0.25) is 9.78 Å². The second-order valence-corrected chi connectivity index (χ2v) is 9.95. The summed E-state index contributed by atoms with van der Waals surface area (Å²) in [4.78, 5) is 28.6. The maximum Gasteiger partial charge on any atom is 0.232 e. The molecule has 0 unspecified atom stereocenters. The fraction of sp³-hybridized carbons (Fsp3) is 0.308. The number of fused-ring (bicyclic) bond motifs is 1. The molecule has 4 aromatic rings. The number of carbonyl (C=O) groups excluding carboxylic acids is 1. The van der Waals surface area contributed by atoms with Crippen LogP contribution < -0.4 is 4.74 Å². The highest BCUT2D eigenvalue weighted by atomic mass is 35.5. The van der Waals surface area contributed by atoms with Crippen molar-refractivity contribution < 1.29 is 9.53 Å². The number of nitrogens with zero attached hydrogens (tertiary/aromatic N) is 5. The molecule has 0 radical (unpaired) electrons. The number of pyridine rings is 2. The van der Waals surface area contributed by atoms with Gasteiger partial charge in [0.2, 0.25) is 5.91 Å². The van der Waals surface area contributed by atoms with E-state index < -0.39 is 0 Å². The average molecular weight is 508 g/mol. The van der Waals surface area contributed by atoms with Gasteiger partial charge in [0.1, 0.15) is 17.9 Å². The minimum Gasteiger partial charge on any atom is -0.487 e. The van der Waals surface area contributed by atoms with Gasteiger partial charge in [-0.1, -0.05) is 23.7 Å². The van der Waals surface area contributed by atoms with Crippen molar-refractivity contribution >= 4 is 40.2 Å². The second-order valence-electron chi connectivity index (χ2n) is 8.52. The van der Waals surface area contributed by atoms with Crippen molar-refractivity contribution in [3.8, 4) is 11.4 Å². The van der Waals surface area contributed by atoms with Crippen molar-refractivity contribution in [3.05, 3.63) is 71.7 Å². The number of likely N-dealkylation sites (tertiary alicyclic amines) is 1. The molecule has 1 saturated heterocycles. The van der Waals surface area contributed by atoms with Gasteiger partial charge in [-0.2, -0.15) is 0 Å². The Bertz CT molecular complexity index is 1340. The van der Waals surface area contributed by atoms with Crippen LogP contribution in [0.3, 0.4) is 0 Å². The Morgan fingerprint density at radius 3 is 2.83 bits per heavy atom. The van der Waals surface area contributed by atoms with Gasteiger partial charge in [-0.05, 0) is 38.3 Å². The van der Waals surface area contributed by atoms with E-state index >= 15 is 0 Å². The molecular formula is C26H26ClN5O2S. The Labute approximate surface area is 213 Å². The van der Waals surface area contributed by atoms with E-state index in [1.54, 1.807) is 24.9 Å². The van der Waals surface area contributed by atoms with Crippen molar-refractivity contribution in [1.29, 1.82) is 0 Å². The molecule has 0 saturated carbocycles. The molecule has 35 heavy (non-hydrogen) atoms. The molecule has 0 spiro atoms. The van der Waals surface area contributed by atoms with Gasteiger partial charge in [0.25, 0.3) is 0 Å². The fourth-order valence-electron chi connectivity index (χ4n) is 4.29. The number of aromatic nitrogens is 4. The van der Waals surface area contributed by atoms with E-state index in [1.807, 2.05) is 46.9 Å². The minimum absolute atomic E-state index is 0.155. The summed E-state index contributed by atoms with van der Waals surface area (Å²) in [6.07, 6.45) is 12.2. The number of aryl methyl sites for hydroxylation is 1. The molecule has 5 rings (SSSR count). The molecule has 1 fully saturated rings. The lowest BCUT2D eigenvalue weighted by molar-refractivity contribution is -0.129. The Morgan fingerprint density at radius 2 is 2.03 bits per heavy atom. The Kier molecular flexibility index (Phi) is 7.20. The van der Waals surface area contributed by atoms with E-state index in [1.165, 1.54) is 18.2 Å². The number of thioether (sulfide) groups is 1. The number of para-hydroxylation sites is 1. The van der Waals surface area contributed by atoms with Crippen LogP contribution in [0.15, 0.2) is 60.3 Å². The van der Waals surface area contributed by atoms with E-state index in [9.17, 15) is 4.79 Å². The first-order chi connectivity index (χ1) is 17.1. The van der Waals surface area contributed by atoms with Gasteiger partial charge in [-0.25, -0.2) is 9.97 Å². The molecule has 1 aromatic carbocycles. The Balaban J connectivity index is 1.37. The van der Waals surface area contributed by atoms with Crippen LogP contribution in [0.1, 0.15) is 30.5 Å². The maximum atomic E-state index is 12.7. The van der Waals surface area contributed by atoms with Crippen LogP contribution in [0.5, 0.6) is 5.75 Å².